The Labute approximate surface area is 102 Å². The molecule has 0 bridgehead atoms. The van der Waals surface area contributed by atoms with Crippen LogP contribution in [0.15, 0.2) is 6.07 Å². The second kappa shape index (κ2) is 4.92. The molecule has 17 heavy (non-hydrogen) atoms. The number of nitrogens with zero attached hydrogens (tertiary/aromatic N) is 1. The van der Waals surface area contributed by atoms with E-state index < -0.39 is 0 Å². The van der Waals surface area contributed by atoms with Crippen molar-refractivity contribution in [1.82, 2.24) is 9.88 Å². The lowest BCUT2D eigenvalue weighted by atomic mass is 10.2. The molecule has 1 aliphatic carbocycles. The summed E-state index contributed by atoms with van der Waals surface area (Å²) in [6, 6.07) is 2.60. The number of aryl methyl sites for hydroxylation is 1. The number of aromatic nitrogens is 1. The number of rotatable bonds is 5. The smallest absolute Gasteiger partial charge is 0.253 e. The fourth-order valence-electron chi connectivity index (χ4n) is 2.26. The molecule has 0 radical (unpaired) electrons. The van der Waals surface area contributed by atoms with Gasteiger partial charge >= 0.3 is 0 Å². The van der Waals surface area contributed by atoms with Crippen molar-refractivity contribution in [3.8, 4) is 0 Å². The number of methoxy groups -OCH3 is 1. The van der Waals surface area contributed by atoms with Crippen LogP contribution in [0.4, 0.5) is 0 Å². The van der Waals surface area contributed by atoms with Crippen LogP contribution in [0.5, 0.6) is 0 Å². The number of amides is 1. The highest BCUT2D eigenvalue weighted by atomic mass is 16.5. The van der Waals surface area contributed by atoms with E-state index in [-0.39, 0.29) is 5.91 Å². The highest BCUT2D eigenvalue weighted by Crippen LogP contribution is 2.38. The van der Waals surface area contributed by atoms with Crippen molar-refractivity contribution < 1.29 is 9.53 Å². The van der Waals surface area contributed by atoms with Crippen LogP contribution >= 0.6 is 0 Å². The van der Waals surface area contributed by atoms with Crippen LogP contribution in [-0.2, 0) is 4.74 Å². The lowest BCUT2D eigenvalue weighted by Crippen LogP contribution is -2.27. The maximum Gasteiger partial charge on any atom is 0.253 e. The van der Waals surface area contributed by atoms with Gasteiger partial charge in [-0.15, -0.1) is 0 Å². The first-order chi connectivity index (χ1) is 8.15. The molecule has 2 rings (SSSR count). The van der Waals surface area contributed by atoms with Gasteiger partial charge in [-0.25, -0.2) is 0 Å². The average Bonchev–Trinajstić information content (AvgIpc) is 3.06. The van der Waals surface area contributed by atoms with E-state index >= 15 is 0 Å². The summed E-state index contributed by atoms with van der Waals surface area (Å²) in [4.78, 5) is 12.0. The van der Waals surface area contributed by atoms with Gasteiger partial charge in [0.15, 0.2) is 0 Å². The Kier molecular flexibility index (Phi) is 3.52. The lowest BCUT2D eigenvalue weighted by molar-refractivity contribution is 0.0936. The topological polar surface area (TPSA) is 43.3 Å². The van der Waals surface area contributed by atoms with Gasteiger partial charge in [-0.1, -0.05) is 0 Å². The molecule has 1 saturated carbocycles. The first kappa shape index (κ1) is 12.2. The SMILES string of the molecule is COCCNC(=O)c1cc(C)n(C2CC2)c1C. The second-order valence-corrected chi connectivity index (χ2v) is 4.63. The predicted octanol–water partition coefficient (Wildman–Crippen LogP) is 1.82. The summed E-state index contributed by atoms with van der Waals surface area (Å²) in [5, 5.41) is 2.86. The Morgan fingerprint density at radius 1 is 1.53 bits per heavy atom. The molecule has 4 heteroatoms. The molecule has 4 nitrogen and oxygen atoms in total. The molecule has 94 valence electrons. The van der Waals surface area contributed by atoms with Crippen LogP contribution in [0, 0.1) is 13.8 Å². The van der Waals surface area contributed by atoms with Gasteiger partial charge in [0.05, 0.1) is 12.2 Å². The normalized spacial score (nSPS) is 15.0. The van der Waals surface area contributed by atoms with Gasteiger partial charge in [-0.3, -0.25) is 4.79 Å². The van der Waals surface area contributed by atoms with Gasteiger partial charge < -0.3 is 14.6 Å². The minimum absolute atomic E-state index is 0.00190. The van der Waals surface area contributed by atoms with Crippen molar-refractivity contribution in [2.75, 3.05) is 20.3 Å². The summed E-state index contributed by atoms with van der Waals surface area (Å²) >= 11 is 0. The van der Waals surface area contributed by atoms with Gasteiger partial charge in [0.2, 0.25) is 0 Å². The third kappa shape index (κ3) is 2.52. The maximum absolute atomic E-state index is 12.0. The van der Waals surface area contributed by atoms with Crippen molar-refractivity contribution in [3.05, 3.63) is 23.0 Å². The van der Waals surface area contributed by atoms with Crippen molar-refractivity contribution >= 4 is 5.91 Å². The predicted molar refractivity (Wildman–Crippen MR) is 66.4 cm³/mol. The maximum atomic E-state index is 12.0. The molecule has 0 aromatic carbocycles. The fraction of sp³-hybridized carbons (Fsp3) is 0.615. The molecule has 0 spiro atoms. The Morgan fingerprint density at radius 3 is 2.82 bits per heavy atom. The van der Waals surface area contributed by atoms with Crippen LogP contribution in [0.1, 0.15) is 40.6 Å². The van der Waals surface area contributed by atoms with E-state index in [4.69, 9.17) is 4.74 Å². The Bertz CT molecular complexity index is 419. The van der Waals surface area contributed by atoms with Gasteiger partial charge in [0.1, 0.15) is 0 Å². The van der Waals surface area contributed by atoms with Gasteiger partial charge in [-0.2, -0.15) is 0 Å². The van der Waals surface area contributed by atoms with E-state index in [0.29, 0.717) is 19.2 Å². The Morgan fingerprint density at radius 2 is 2.24 bits per heavy atom. The fourth-order valence-corrected chi connectivity index (χ4v) is 2.26. The van der Waals surface area contributed by atoms with E-state index in [1.165, 1.54) is 18.5 Å². The number of ether oxygens (including phenoxy) is 1. The van der Waals surface area contributed by atoms with Gasteiger partial charge in [-0.05, 0) is 32.8 Å². The molecule has 0 aliphatic heterocycles. The van der Waals surface area contributed by atoms with Crippen molar-refractivity contribution in [2.45, 2.75) is 32.7 Å². The van der Waals surface area contributed by atoms with Crippen LogP contribution in [0.3, 0.4) is 0 Å². The minimum Gasteiger partial charge on any atom is -0.383 e. The Balaban J connectivity index is 2.10. The molecule has 1 fully saturated rings. The number of carbonyl (C=O) groups is 1. The minimum atomic E-state index is 0.00190. The van der Waals surface area contributed by atoms with Crippen molar-refractivity contribution in [1.29, 1.82) is 0 Å². The third-order valence-corrected chi connectivity index (χ3v) is 3.23. The summed E-state index contributed by atoms with van der Waals surface area (Å²) in [6.45, 7) is 5.20. The quantitative estimate of drug-likeness (QED) is 0.792. The molecule has 1 aliphatic rings. The lowest BCUT2D eigenvalue weighted by Gasteiger charge is -2.08. The summed E-state index contributed by atoms with van der Waals surface area (Å²) in [6.07, 6.45) is 2.47. The number of nitrogens with one attached hydrogen (secondary N) is 1. The molecule has 1 N–H and O–H groups in total. The second-order valence-electron chi connectivity index (χ2n) is 4.63. The molecule has 1 aromatic rings. The van der Waals surface area contributed by atoms with Crippen LogP contribution in [0.2, 0.25) is 0 Å². The highest BCUT2D eigenvalue weighted by Gasteiger charge is 2.28. The molecule has 1 aromatic heterocycles. The van der Waals surface area contributed by atoms with E-state index in [1.807, 2.05) is 13.0 Å². The van der Waals surface area contributed by atoms with Crippen molar-refractivity contribution in [2.24, 2.45) is 0 Å². The first-order valence-electron chi connectivity index (χ1n) is 6.10. The first-order valence-corrected chi connectivity index (χ1v) is 6.10. The molecule has 1 amide bonds. The molecule has 0 unspecified atom stereocenters. The molecule has 1 heterocycles. The van der Waals surface area contributed by atoms with E-state index in [1.54, 1.807) is 7.11 Å². The van der Waals surface area contributed by atoms with E-state index in [2.05, 4.69) is 16.8 Å². The third-order valence-electron chi connectivity index (χ3n) is 3.23. The van der Waals surface area contributed by atoms with Crippen molar-refractivity contribution in [3.63, 3.8) is 0 Å². The standard InChI is InChI=1S/C13H20N2O2/c1-9-8-12(13(16)14-6-7-17-3)10(2)15(9)11-4-5-11/h8,11H,4-7H2,1-3H3,(H,14,16). The molecule has 0 saturated heterocycles. The van der Waals surface area contributed by atoms with E-state index in [0.717, 1.165) is 11.3 Å². The van der Waals surface area contributed by atoms with Gasteiger partial charge in [0, 0.05) is 31.1 Å². The van der Waals surface area contributed by atoms with E-state index in [9.17, 15) is 4.79 Å². The summed E-state index contributed by atoms with van der Waals surface area (Å²) in [5.74, 6) is 0.00190. The zero-order valence-corrected chi connectivity index (χ0v) is 10.7. The monoisotopic (exact) mass is 236 g/mol. The number of hydrogen-bond donors (Lipinski definition) is 1. The van der Waals surface area contributed by atoms with Crippen LogP contribution in [0.25, 0.3) is 0 Å². The Hall–Kier alpha value is -1.29. The summed E-state index contributed by atoms with van der Waals surface area (Å²) in [5.41, 5.74) is 3.06. The summed E-state index contributed by atoms with van der Waals surface area (Å²) < 4.78 is 7.20. The summed E-state index contributed by atoms with van der Waals surface area (Å²) in [7, 11) is 1.63. The average molecular weight is 236 g/mol. The largest absolute Gasteiger partial charge is 0.383 e. The van der Waals surface area contributed by atoms with Gasteiger partial charge in [0.25, 0.3) is 5.91 Å². The van der Waals surface area contributed by atoms with Crippen LogP contribution < -0.4 is 5.32 Å². The zero-order valence-electron chi connectivity index (χ0n) is 10.7. The number of hydrogen-bond acceptors (Lipinski definition) is 2. The van der Waals surface area contributed by atoms with Crippen LogP contribution in [-0.4, -0.2) is 30.7 Å². The molecular weight excluding hydrogens is 216 g/mol. The number of carbonyl (C=O) groups excluding carboxylic acids is 1. The zero-order chi connectivity index (χ0) is 12.4. The highest BCUT2D eigenvalue weighted by molar-refractivity contribution is 5.95. The molecular formula is C13H20N2O2. The molecule has 0 atom stereocenters.